The number of thiophene rings is 1. The zero-order valence-electron chi connectivity index (χ0n) is 14.6. The largest absolute Gasteiger partial charge is 0.459 e. The second-order valence-corrected chi connectivity index (χ2v) is 8.20. The van der Waals surface area contributed by atoms with Crippen LogP contribution in [0, 0.1) is 0 Å². The minimum Gasteiger partial charge on any atom is -0.459 e. The molecule has 28 heavy (non-hydrogen) atoms. The van der Waals surface area contributed by atoms with E-state index in [2.05, 4.69) is 15.9 Å². The lowest BCUT2D eigenvalue weighted by molar-refractivity contribution is -0.122. The van der Waals surface area contributed by atoms with Crippen molar-refractivity contribution < 1.29 is 18.8 Å². The number of anilines is 1. The number of imide groups is 1. The summed E-state index contributed by atoms with van der Waals surface area (Å²) in [5.74, 6) is -1.02. The van der Waals surface area contributed by atoms with E-state index in [0.29, 0.717) is 5.69 Å². The van der Waals surface area contributed by atoms with Crippen LogP contribution in [0.2, 0.25) is 0 Å². The van der Waals surface area contributed by atoms with Crippen molar-refractivity contribution in [3.63, 3.8) is 0 Å². The van der Waals surface area contributed by atoms with E-state index in [-0.39, 0.29) is 24.6 Å². The first-order valence-electron chi connectivity index (χ1n) is 8.54. The van der Waals surface area contributed by atoms with Crippen LogP contribution in [-0.2, 0) is 16.1 Å². The van der Waals surface area contributed by atoms with Crippen LogP contribution in [0.15, 0.2) is 69.1 Å². The average molecular weight is 459 g/mol. The normalized spacial score (nSPS) is 16.6. The standard InChI is InChI=1S/C20H15BrN2O4S/c21-13-5-7-14(8-6-13)23-18(24)11-16(19(23)25)22(12-15-3-2-10-28-15)20(26)17-4-1-9-27-17/h1-10,16H,11-12H2. The molecule has 4 rings (SSSR count). The summed E-state index contributed by atoms with van der Waals surface area (Å²) in [6.45, 7) is 0.231. The van der Waals surface area contributed by atoms with Crippen LogP contribution in [0.3, 0.4) is 0 Å². The molecule has 0 N–H and O–H groups in total. The van der Waals surface area contributed by atoms with Gasteiger partial charge in [0.1, 0.15) is 6.04 Å². The molecule has 1 atom stereocenters. The quantitative estimate of drug-likeness (QED) is 0.540. The number of halogens is 1. The van der Waals surface area contributed by atoms with Gasteiger partial charge in [-0.1, -0.05) is 22.0 Å². The van der Waals surface area contributed by atoms with Crippen LogP contribution in [0.25, 0.3) is 0 Å². The van der Waals surface area contributed by atoms with Crippen LogP contribution in [0.1, 0.15) is 21.9 Å². The van der Waals surface area contributed by atoms with Gasteiger partial charge in [0.2, 0.25) is 5.91 Å². The predicted octanol–water partition coefficient (Wildman–Crippen LogP) is 4.08. The maximum absolute atomic E-state index is 13.1. The number of nitrogens with zero attached hydrogens (tertiary/aromatic N) is 2. The lowest BCUT2D eigenvalue weighted by atomic mass is 10.2. The highest BCUT2D eigenvalue weighted by Gasteiger charge is 2.45. The van der Waals surface area contributed by atoms with Gasteiger partial charge in [-0.15, -0.1) is 11.3 Å². The van der Waals surface area contributed by atoms with Crippen LogP contribution in [-0.4, -0.2) is 28.7 Å². The van der Waals surface area contributed by atoms with Gasteiger partial charge in [0.25, 0.3) is 11.8 Å². The van der Waals surface area contributed by atoms with Crippen molar-refractivity contribution >= 4 is 50.7 Å². The molecule has 3 heterocycles. The van der Waals surface area contributed by atoms with Gasteiger partial charge in [0.15, 0.2) is 5.76 Å². The Bertz CT molecular complexity index is 1000. The van der Waals surface area contributed by atoms with E-state index in [1.54, 1.807) is 36.4 Å². The van der Waals surface area contributed by atoms with Gasteiger partial charge in [-0.3, -0.25) is 14.4 Å². The topological polar surface area (TPSA) is 70.8 Å². The number of hydrogen-bond acceptors (Lipinski definition) is 5. The van der Waals surface area contributed by atoms with Gasteiger partial charge >= 0.3 is 0 Å². The molecule has 0 radical (unpaired) electrons. The molecule has 8 heteroatoms. The molecule has 0 saturated carbocycles. The molecule has 2 aromatic heterocycles. The van der Waals surface area contributed by atoms with Crippen molar-refractivity contribution in [3.05, 3.63) is 75.3 Å². The maximum Gasteiger partial charge on any atom is 0.290 e. The Morgan fingerprint density at radius 1 is 1.18 bits per heavy atom. The SMILES string of the molecule is O=C1CC(N(Cc2cccs2)C(=O)c2ccco2)C(=O)N1c1ccc(Br)cc1. The zero-order chi connectivity index (χ0) is 19.7. The molecule has 142 valence electrons. The molecule has 3 amide bonds. The molecule has 3 aromatic rings. The van der Waals surface area contributed by atoms with Crippen LogP contribution in [0.4, 0.5) is 5.69 Å². The van der Waals surface area contributed by atoms with E-state index in [0.717, 1.165) is 14.2 Å². The van der Waals surface area contributed by atoms with Crippen LogP contribution < -0.4 is 4.90 Å². The predicted molar refractivity (Wildman–Crippen MR) is 108 cm³/mol. The van der Waals surface area contributed by atoms with E-state index in [4.69, 9.17) is 4.42 Å². The summed E-state index contributed by atoms with van der Waals surface area (Å²) in [7, 11) is 0. The van der Waals surface area contributed by atoms with E-state index >= 15 is 0 Å². The summed E-state index contributed by atoms with van der Waals surface area (Å²) in [6, 6.07) is 13.0. The van der Waals surface area contributed by atoms with E-state index in [9.17, 15) is 14.4 Å². The molecule has 0 aliphatic carbocycles. The minimum atomic E-state index is -0.879. The van der Waals surface area contributed by atoms with Crippen molar-refractivity contribution in [1.29, 1.82) is 0 Å². The highest BCUT2D eigenvalue weighted by Crippen LogP contribution is 2.29. The maximum atomic E-state index is 13.1. The molecular weight excluding hydrogens is 444 g/mol. The zero-order valence-corrected chi connectivity index (χ0v) is 17.0. The number of hydrogen-bond donors (Lipinski definition) is 0. The first-order valence-corrected chi connectivity index (χ1v) is 10.2. The fourth-order valence-electron chi connectivity index (χ4n) is 3.16. The Labute approximate surface area is 173 Å². The highest BCUT2D eigenvalue weighted by atomic mass is 79.9. The first kappa shape index (κ1) is 18.6. The van der Waals surface area contributed by atoms with Crippen molar-refractivity contribution in [3.8, 4) is 0 Å². The summed E-state index contributed by atoms with van der Waals surface area (Å²) >= 11 is 4.83. The van der Waals surface area contributed by atoms with Gasteiger partial charge in [0, 0.05) is 9.35 Å². The Morgan fingerprint density at radius 2 is 1.96 bits per heavy atom. The number of furan rings is 1. The summed E-state index contributed by atoms with van der Waals surface area (Å²) in [5.41, 5.74) is 0.488. The third-order valence-electron chi connectivity index (χ3n) is 4.48. The number of benzene rings is 1. The Hall–Kier alpha value is -2.71. The summed E-state index contributed by atoms with van der Waals surface area (Å²) in [6.07, 6.45) is 1.35. The van der Waals surface area contributed by atoms with Gasteiger partial charge in [-0.25, -0.2) is 4.90 Å². The molecule has 1 aliphatic rings. The van der Waals surface area contributed by atoms with Crippen molar-refractivity contribution in [2.24, 2.45) is 0 Å². The molecular formula is C20H15BrN2O4S. The lowest BCUT2D eigenvalue weighted by Gasteiger charge is -2.26. The van der Waals surface area contributed by atoms with Crippen LogP contribution in [0.5, 0.6) is 0 Å². The van der Waals surface area contributed by atoms with Crippen molar-refractivity contribution in [2.45, 2.75) is 19.0 Å². The number of carbonyl (C=O) groups excluding carboxylic acids is 3. The average Bonchev–Trinajstić information content (AvgIpc) is 3.43. The molecule has 1 saturated heterocycles. The number of rotatable bonds is 5. The summed E-state index contributed by atoms with van der Waals surface area (Å²) in [4.78, 5) is 42.2. The second-order valence-electron chi connectivity index (χ2n) is 6.25. The fraction of sp³-hybridized carbons (Fsp3) is 0.150. The van der Waals surface area contributed by atoms with Gasteiger partial charge in [-0.2, -0.15) is 0 Å². The third-order valence-corrected chi connectivity index (χ3v) is 5.87. The molecule has 1 unspecified atom stereocenters. The molecule has 1 aromatic carbocycles. The Morgan fingerprint density at radius 3 is 2.61 bits per heavy atom. The molecule has 1 fully saturated rings. The van der Waals surface area contributed by atoms with E-state index in [1.807, 2.05) is 17.5 Å². The molecule has 1 aliphatic heterocycles. The van der Waals surface area contributed by atoms with Gasteiger partial charge < -0.3 is 9.32 Å². The van der Waals surface area contributed by atoms with Gasteiger partial charge in [-0.05, 0) is 47.8 Å². The van der Waals surface area contributed by atoms with Crippen molar-refractivity contribution in [2.75, 3.05) is 4.90 Å². The molecule has 0 bridgehead atoms. The molecule has 0 spiro atoms. The summed E-state index contributed by atoms with van der Waals surface area (Å²) < 4.78 is 6.09. The van der Waals surface area contributed by atoms with E-state index in [1.165, 1.54) is 22.5 Å². The number of carbonyl (C=O) groups is 3. The fourth-order valence-corrected chi connectivity index (χ4v) is 4.12. The first-order chi connectivity index (χ1) is 13.5. The Kier molecular flexibility index (Phi) is 5.15. The monoisotopic (exact) mass is 458 g/mol. The smallest absolute Gasteiger partial charge is 0.290 e. The van der Waals surface area contributed by atoms with Crippen molar-refractivity contribution in [1.82, 2.24) is 4.90 Å². The molecule has 6 nitrogen and oxygen atoms in total. The highest BCUT2D eigenvalue weighted by molar-refractivity contribution is 9.10. The van der Waals surface area contributed by atoms with Gasteiger partial charge in [0.05, 0.1) is 24.9 Å². The second kappa shape index (κ2) is 7.73. The van der Waals surface area contributed by atoms with Crippen LogP contribution >= 0.6 is 27.3 Å². The summed E-state index contributed by atoms with van der Waals surface area (Å²) in [5, 5.41) is 1.90. The Balaban J connectivity index is 1.66. The minimum absolute atomic E-state index is 0.0628. The van der Waals surface area contributed by atoms with E-state index < -0.39 is 17.9 Å². The lowest BCUT2D eigenvalue weighted by Crippen LogP contribution is -2.44. The third kappa shape index (κ3) is 3.53. The number of amides is 3.